The fourth-order valence-corrected chi connectivity index (χ4v) is 1.97. The number of carbonyl (C=O) groups is 1. The van der Waals surface area contributed by atoms with E-state index in [9.17, 15) is 20.0 Å². The van der Waals surface area contributed by atoms with Gasteiger partial charge in [-0.25, -0.2) is 9.42 Å². The lowest BCUT2D eigenvalue weighted by Crippen LogP contribution is -2.29. The summed E-state index contributed by atoms with van der Waals surface area (Å²) >= 11 is 0. The molecule has 0 amide bonds. The van der Waals surface area contributed by atoms with E-state index in [-0.39, 0.29) is 16.7 Å². The maximum absolute atomic E-state index is 11.2. The molecule has 1 unspecified atom stereocenters. The quantitative estimate of drug-likeness (QED) is 0.586. The van der Waals surface area contributed by atoms with Crippen LogP contribution in [-0.2, 0) is 4.79 Å². The molecular weight excluding hydrogens is 280 g/mol. The standard InChI is InChI=1S/C12H14N4O5/c1-2-3-4-8(12(17)18)13-7-5-6-9(16(19)20)11-10(7)14-21-15-11/h5-6,8,13H,2-4H2,1H3,(H,17,18). The maximum atomic E-state index is 11.2. The fourth-order valence-electron chi connectivity index (χ4n) is 1.97. The van der Waals surface area contributed by atoms with Crippen LogP contribution >= 0.6 is 0 Å². The number of nitro groups is 1. The second-order valence-electron chi connectivity index (χ2n) is 4.53. The molecular formula is C12H14N4O5. The lowest BCUT2D eigenvalue weighted by molar-refractivity contribution is -0.383. The Labute approximate surface area is 119 Å². The molecule has 0 aliphatic carbocycles. The molecule has 2 N–H and O–H groups in total. The number of anilines is 1. The summed E-state index contributed by atoms with van der Waals surface area (Å²) in [6.45, 7) is 1.96. The van der Waals surface area contributed by atoms with E-state index in [4.69, 9.17) is 0 Å². The Kier molecular flexibility index (Phi) is 4.31. The summed E-state index contributed by atoms with van der Waals surface area (Å²) in [5.41, 5.74) is 0.245. The summed E-state index contributed by atoms with van der Waals surface area (Å²) in [7, 11) is 0. The van der Waals surface area contributed by atoms with Crippen molar-refractivity contribution in [2.24, 2.45) is 0 Å². The van der Waals surface area contributed by atoms with Crippen LogP contribution in [0.1, 0.15) is 26.2 Å². The van der Waals surface area contributed by atoms with Crippen LogP contribution < -0.4 is 5.32 Å². The van der Waals surface area contributed by atoms with Crippen LogP contribution in [0.4, 0.5) is 11.4 Å². The van der Waals surface area contributed by atoms with Crippen molar-refractivity contribution in [3.63, 3.8) is 0 Å². The Morgan fingerprint density at radius 2 is 2.19 bits per heavy atom. The Morgan fingerprint density at radius 1 is 1.48 bits per heavy atom. The molecule has 0 radical (unpaired) electrons. The molecule has 1 aromatic heterocycles. The van der Waals surface area contributed by atoms with Crippen molar-refractivity contribution < 1.29 is 19.5 Å². The summed E-state index contributed by atoms with van der Waals surface area (Å²) in [4.78, 5) is 21.5. The van der Waals surface area contributed by atoms with E-state index in [1.165, 1.54) is 12.1 Å². The Hall–Kier alpha value is -2.71. The van der Waals surface area contributed by atoms with Crippen molar-refractivity contribution in [1.29, 1.82) is 0 Å². The van der Waals surface area contributed by atoms with Crippen LogP contribution in [0.3, 0.4) is 0 Å². The molecule has 0 fully saturated rings. The van der Waals surface area contributed by atoms with Crippen molar-refractivity contribution in [2.45, 2.75) is 32.2 Å². The first-order valence-corrected chi connectivity index (χ1v) is 6.43. The zero-order chi connectivity index (χ0) is 15.4. The van der Waals surface area contributed by atoms with Gasteiger partial charge >= 0.3 is 11.7 Å². The van der Waals surface area contributed by atoms with Gasteiger partial charge in [0.25, 0.3) is 0 Å². The van der Waals surface area contributed by atoms with Gasteiger partial charge in [0.15, 0.2) is 5.52 Å². The number of aliphatic carboxylic acids is 1. The van der Waals surface area contributed by atoms with Gasteiger partial charge in [0.05, 0.1) is 10.6 Å². The highest BCUT2D eigenvalue weighted by Crippen LogP contribution is 2.29. The first-order valence-electron chi connectivity index (χ1n) is 6.43. The molecule has 1 heterocycles. The number of nitrogens with zero attached hydrogens (tertiary/aromatic N) is 3. The average molecular weight is 294 g/mol. The van der Waals surface area contributed by atoms with E-state index in [0.717, 1.165) is 12.8 Å². The van der Waals surface area contributed by atoms with Crippen LogP contribution in [0.15, 0.2) is 16.8 Å². The lowest BCUT2D eigenvalue weighted by atomic mass is 10.1. The van der Waals surface area contributed by atoms with E-state index >= 15 is 0 Å². The third-order valence-electron chi connectivity index (χ3n) is 3.07. The lowest BCUT2D eigenvalue weighted by Gasteiger charge is -2.15. The number of aromatic nitrogens is 2. The Bertz CT molecular complexity index is 669. The van der Waals surface area contributed by atoms with Gasteiger partial charge in [-0.05, 0) is 22.8 Å². The highest BCUT2D eigenvalue weighted by atomic mass is 16.6. The van der Waals surface area contributed by atoms with E-state index in [2.05, 4.69) is 20.3 Å². The van der Waals surface area contributed by atoms with Crippen molar-refractivity contribution in [3.8, 4) is 0 Å². The van der Waals surface area contributed by atoms with Gasteiger partial charge in [-0.2, -0.15) is 0 Å². The predicted octanol–water partition coefficient (Wildman–Crippen LogP) is 2.19. The molecule has 0 bridgehead atoms. The smallest absolute Gasteiger partial charge is 0.326 e. The average Bonchev–Trinajstić information content (AvgIpc) is 2.92. The van der Waals surface area contributed by atoms with Crippen molar-refractivity contribution in [1.82, 2.24) is 10.3 Å². The summed E-state index contributed by atoms with van der Waals surface area (Å²) in [5, 5.41) is 30.0. The van der Waals surface area contributed by atoms with Crippen LogP contribution in [0.25, 0.3) is 11.0 Å². The van der Waals surface area contributed by atoms with Crippen molar-refractivity contribution >= 4 is 28.4 Å². The number of unbranched alkanes of at least 4 members (excludes halogenated alkanes) is 1. The van der Waals surface area contributed by atoms with Gasteiger partial charge < -0.3 is 10.4 Å². The number of rotatable bonds is 7. The SMILES string of the molecule is CCCCC(Nc1ccc([N+](=O)[O-])c2nonc12)C(=O)O. The number of nitrogens with one attached hydrogen (secondary N) is 1. The van der Waals surface area contributed by atoms with Crippen molar-refractivity contribution in [2.75, 3.05) is 5.32 Å². The van der Waals surface area contributed by atoms with Gasteiger partial charge in [-0.1, -0.05) is 19.8 Å². The third-order valence-corrected chi connectivity index (χ3v) is 3.07. The number of benzene rings is 1. The maximum Gasteiger partial charge on any atom is 0.326 e. The predicted molar refractivity (Wildman–Crippen MR) is 73.0 cm³/mol. The molecule has 0 saturated heterocycles. The molecule has 0 spiro atoms. The molecule has 0 aliphatic heterocycles. The van der Waals surface area contributed by atoms with E-state index in [1.54, 1.807) is 0 Å². The molecule has 112 valence electrons. The number of fused-ring (bicyclic) bond motifs is 1. The molecule has 1 atom stereocenters. The number of carboxylic acids is 1. The first kappa shape index (κ1) is 14.7. The zero-order valence-electron chi connectivity index (χ0n) is 11.3. The van der Waals surface area contributed by atoms with E-state index < -0.39 is 16.9 Å². The number of non-ortho nitro benzene ring substituents is 1. The molecule has 9 heteroatoms. The van der Waals surface area contributed by atoms with Gasteiger partial charge in [0, 0.05) is 6.07 Å². The van der Waals surface area contributed by atoms with Crippen LogP contribution in [-0.4, -0.2) is 32.4 Å². The van der Waals surface area contributed by atoms with Crippen LogP contribution in [0.5, 0.6) is 0 Å². The number of carboxylic acid groups (broad SMARTS) is 1. The monoisotopic (exact) mass is 294 g/mol. The minimum absolute atomic E-state index is 0.00960. The minimum atomic E-state index is -0.994. The first-order chi connectivity index (χ1) is 10.0. The summed E-state index contributed by atoms with van der Waals surface area (Å²) in [5.74, 6) is -0.994. The van der Waals surface area contributed by atoms with E-state index in [0.29, 0.717) is 12.1 Å². The molecule has 2 aromatic rings. The van der Waals surface area contributed by atoms with Gasteiger partial charge in [0.2, 0.25) is 5.52 Å². The number of nitro benzene ring substituents is 1. The summed E-state index contributed by atoms with van der Waals surface area (Å²) < 4.78 is 4.53. The third kappa shape index (κ3) is 3.07. The van der Waals surface area contributed by atoms with Crippen LogP contribution in [0.2, 0.25) is 0 Å². The highest BCUT2D eigenvalue weighted by Gasteiger charge is 2.23. The Balaban J connectivity index is 2.34. The fraction of sp³-hybridized carbons (Fsp3) is 0.417. The van der Waals surface area contributed by atoms with Gasteiger partial charge in [-0.3, -0.25) is 10.1 Å². The molecule has 2 rings (SSSR count). The molecule has 21 heavy (non-hydrogen) atoms. The van der Waals surface area contributed by atoms with Gasteiger partial charge in [0.1, 0.15) is 6.04 Å². The van der Waals surface area contributed by atoms with E-state index in [1.807, 2.05) is 6.92 Å². The van der Waals surface area contributed by atoms with Gasteiger partial charge in [-0.15, -0.1) is 0 Å². The molecule has 9 nitrogen and oxygen atoms in total. The van der Waals surface area contributed by atoms with Crippen LogP contribution in [0, 0.1) is 10.1 Å². The minimum Gasteiger partial charge on any atom is -0.480 e. The normalized spacial score (nSPS) is 12.2. The summed E-state index contributed by atoms with van der Waals surface area (Å²) in [6.07, 6.45) is 2.05. The summed E-state index contributed by atoms with van der Waals surface area (Å²) in [6, 6.07) is 1.85. The number of hydrogen-bond donors (Lipinski definition) is 2. The Morgan fingerprint density at radius 3 is 2.81 bits per heavy atom. The second kappa shape index (κ2) is 6.16. The molecule has 0 saturated carbocycles. The molecule has 0 aliphatic rings. The second-order valence-corrected chi connectivity index (χ2v) is 4.53. The topological polar surface area (TPSA) is 131 Å². The molecule has 1 aromatic carbocycles. The number of hydrogen-bond acceptors (Lipinski definition) is 7. The highest BCUT2D eigenvalue weighted by molar-refractivity contribution is 5.94. The van der Waals surface area contributed by atoms with Crippen molar-refractivity contribution in [3.05, 3.63) is 22.2 Å². The zero-order valence-corrected chi connectivity index (χ0v) is 11.3. The largest absolute Gasteiger partial charge is 0.480 e.